The number of hydrogen-bond donors (Lipinski definition) is 2. The third kappa shape index (κ3) is 3.71. The average Bonchev–Trinajstić information content (AvgIpc) is 2.48. The number of ether oxygens (including phenoxy) is 1. The molecule has 5 nitrogen and oxygen atoms in total. The lowest BCUT2D eigenvalue weighted by Crippen LogP contribution is -2.22. The van der Waals surface area contributed by atoms with Crippen LogP contribution in [0, 0.1) is 0 Å². The monoisotopic (exact) mass is 327 g/mol. The van der Waals surface area contributed by atoms with Gasteiger partial charge in [-0.2, -0.15) is 13.2 Å². The summed E-state index contributed by atoms with van der Waals surface area (Å²) in [4.78, 5) is 14.4. The standard InChI is InChI=1S/C15H12F3NO4/c1-8(14(21)22)23-12-5-4-9(7-11(12)20)13-10(15(16,17)18)3-2-6-19-13/h2-8,20H,1H3,(H,21,22)/t8-/m0/s1. The number of aromatic nitrogens is 1. The minimum Gasteiger partial charge on any atom is -0.504 e. The van der Waals surface area contributed by atoms with Crippen LogP contribution in [0.25, 0.3) is 11.3 Å². The second kappa shape index (κ2) is 6.15. The van der Waals surface area contributed by atoms with Crippen molar-refractivity contribution in [2.24, 2.45) is 0 Å². The van der Waals surface area contributed by atoms with Crippen LogP contribution in [0.5, 0.6) is 11.5 Å². The van der Waals surface area contributed by atoms with Crippen molar-refractivity contribution >= 4 is 5.97 Å². The SMILES string of the molecule is C[C@H](Oc1ccc(-c2ncccc2C(F)(F)F)cc1O)C(=O)O. The second-order valence-corrected chi connectivity index (χ2v) is 4.68. The van der Waals surface area contributed by atoms with Gasteiger partial charge in [0.05, 0.1) is 11.3 Å². The highest BCUT2D eigenvalue weighted by Gasteiger charge is 2.34. The Balaban J connectivity index is 2.40. The maximum absolute atomic E-state index is 13.0. The van der Waals surface area contributed by atoms with Crippen molar-refractivity contribution in [3.63, 3.8) is 0 Å². The van der Waals surface area contributed by atoms with E-state index in [9.17, 15) is 23.1 Å². The van der Waals surface area contributed by atoms with Gasteiger partial charge < -0.3 is 14.9 Å². The Bertz CT molecular complexity index is 731. The summed E-state index contributed by atoms with van der Waals surface area (Å²) < 4.78 is 43.9. The smallest absolute Gasteiger partial charge is 0.418 e. The molecule has 2 aromatic rings. The number of pyridine rings is 1. The summed E-state index contributed by atoms with van der Waals surface area (Å²) in [6.07, 6.45) is -4.60. The zero-order valence-electron chi connectivity index (χ0n) is 11.8. The molecule has 1 atom stereocenters. The molecule has 0 bridgehead atoms. The lowest BCUT2D eigenvalue weighted by atomic mass is 10.0. The van der Waals surface area contributed by atoms with Crippen LogP contribution < -0.4 is 4.74 Å². The lowest BCUT2D eigenvalue weighted by molar-refractivity contribution is -0.144. The zero-order valence-corrected chi connectivity index (χ0v) is 11.8. The van der Waals surface area contributed by atoms with E-state index in [2.05, 4.69) is 4.98 Å². The van der Waals surface area contributed by atoms with E-state index in [0.29, 0.717) is 0 Å². The summed E-state index contributed by atoms with van der Waals surface area (Å²) in [6, 6.07) is 5.55. The molecule has 122 valence electrons. The van der Waals surface area contributed by atoms with Crippen molar-refractivity contribution < 1.29 is 32.9 Å². The number of nitrogens with zero attached hydrogens (tertiary/aromatic N) is 1. The number of aliphatic carboxylic acids is 1. The molecule has 2 rings (SSSR count). The first-order valence-corrected chi connectivity index (χ1v) is 6.45. The molecule has 0 fully saturated rings. The summed E-state index contributed by atoms with van der Waals surface area (Å²) >= 11 is 0. The molecule has 0 saturated heterocycles. The van der Waals surface area contributed by atoms with Crippen molar-refractivity contribution in [3.8, 4) is 22.8 Å². The topological polar surface area (TPSA) is 79.7 Å². The third-order valence-electron chi connectivity index (χ3n) is 3.00. The van der Waals surface area contributed by atoms with Gasteiger partial charge in [-0.1, -0.05) is 0 Å². The molecule has 2 N–H and O–H groups in total. The Hall–Kier alpha value is -2.77. The number of phenols is 1. The molecule has 0 saturated carbocycles. The predicted octanol–water partition coefficient (Wildman–Crippen LogP) is 3.32. The van der Waals surface area contributed by atoms with Crippen molar-refractivity contribution in [1.82, 2.24) is 4.98 Å². The number of carbonyl (C=O) groups is 1. The van der Waals surface area contributed by atoms with Crippen molar-refractivity contribution in [2.75, 3.05) is 0 Å². The fourth-order valence-electron chi connectivity index (χ4n) is 1.87. The number of alkyl halides is 3. The van der Waals surface area contributed by atoms with Gasteiger partial charge >= 0.3 is 12.1 Å². The molecule has 8 heteroatoms. The van der Waals surface area contributed by atoms with Crippen molar-refractivity contribution in [2.45, 2.75) is 19.2 Å². The Morgan fingerprint density at radius 3 is 2.57 bits per heavy atom. The van der Waals surface area contributed by atoms with Crippen LogP contribution >= 0.6 is 0 Å². The quantitative estimate of drug-likeness (QED) is 0.900. The van der Waals surface area contributed by atoms with Crippen molar-refractivity contribution in [1.29, 1.82) is 0 Å². The first kappa shape index (κ1) is 16.6. The normalized spacial score (nSPS) is 12.7. The van der Waals surface area contributed by atoms with Crippen LogP contribution in [-0.4, -0.2) is 27.3 Å². The van der Waals surface area contributed by atoms with E-state index in [0.717, 1.165) is 18.2 Å². The van der Waals surface area contributed by atoms with Gasteiger partial charge in [0.25, 0.3) is 0 Å². The highest BCUT2D eigenvalue weighted by Crippen LogP contribution is 2.38. The van der Waals surface area contributed by atoms with E-state index in [1.807, 2.05) is 0 Å². The largest absolute Gasteiger partial charge is 0.504 e. The fourth-order valence-corrected chi connectivity index (χ4v) is 1.87. The number of aromatic hydroxyl groups is 1. The van der Waals surface area contributed by atoms with Crippen LogP contribution in [-0.2, 0) is 11.0 Å². The number of carboxylic acids is 1. The molecule has 1 heterocycles. The number of halogens is 3. The molecule has 0 unspecified atom stereocenters. The van der Waals surface area contributed by atoms with Crippen LogP contribution in [0.15, 0.2) is 36.5 Å². The number of rotatable bonds is 4. The Labute approximate surface area is 129 Å². The number of phenolic OH excluding ortho intramolecular Hbond substituents is 1. The van der Waals surface area contributed by atoms with E-state index in [1.165, 1.54) is 25.3 Å². The maximum atomic E-state index is 13.0. The van der Waals surface area contributed by atoms with E-state index < -0.39 is 29.6 Å². The third-order valence-corrected chi connectivity index (χ3v) is 3.00. The Morgan fingerprint density at radius 1 is 1.30 bits per heavy atom. The van der Waals surface area contributed by atoms with Gasteiger partial charge in [0.1, 0.15) is 0 Å². The molecule has 0 aliphatic heterocycles. The number of benzene rings is 1. The lowest BCUT2D eigenvalue weighted by Gasteiger charge is -2.14. The molecule has 23 heavy (non-hydrogen) atoms. The predicted molar refractivity (Wildman–Crippen MR) is 74.1 cm³/mol. The van der Waals surface area contributed by atoms with E-state index in [1.54, 1.807) is 0 Å². The molecule has 1 aromatic carbocycles. The summed E-state index contributed by atoms with van der Waals surface area (Å²) in [5, 5.41) is 18.6. The van der Waals surface area contributed by atoms with Gasteiger partial charge in [0.15, 0.2) is 17.6 Å². The maximum Gasteiger partial charge on any atom is 0.418 e. The molecular weight excluding hydrogens is 315 g/mol. The van der Waals surface area contributed by atoms with Gasteiger partial charge in [0, 0.05) is 11.8 Å². The summed E-state index contributed by atoms with van der Waals surface area (Å²) in [5.74, 6) is -1.86. The van der Waals surface area contributed by atoms with Gasteiger partial charge in [-0.05, 0) is 37.3 Å². The molecule has 0 spiro atoms. The van der Waals surface area contributed by atoms with Crippen LogP contribution in [0.2, 0.25) is 0 Å². The fraction of sp³-hybridized carbons (Fsp3) is 0.200. The van der Waals surface area contributed by atoms with E-state index >= 15 is 0 Å². The van der Waals surface area contributed by atoms with E-state index in [-0.39, 0.29) is 17.0 Å². The first-order chi connectivity index (χ1) is 10.7. The minimum atomic E-state index is -4.59. The Kier molecular flexibility index (Phi) is 4.44. The van der Waals surface area contributed by atoms with Gasteiger partial charge in [0.2, 0.25) is 0 Å². The number of carboxylic acid groups (broad SMARTS) is 1. The minimum absolute atomic E-state index is 0.0331. The second-order valence-electron chi connectivity index (χ2n) is 4.68. The molecule has 1 aromatic heterocycles. The van der Waals surface area contributed by atoms with Crippen LogP contribution in [0.1, 0.15) is 12.5 Å². The van der Waals surface area contributed by atoms with Crippen LogP contribution in [0.3, 0.4) is 0 Å². The van der Waals surface area contributed by atoms with E-state index in [4.69, 9.17) is 9.84 Å². The highest BCUT2D eigenvalue weighted by atomic mass is 19.4. The molecule has 0 amide bonds. The molecule has 0 radical (unpaired) electrons. The molecule has 0 aliphatic rings. The van der Waals surface area contributed by atoms with Crippen LogP contribution in [0.4, 0.5) is 13.2 Å². The van der Waals surface area contributed by atoms with Gasteiger partial charge in [-0.3, -0.25) is 4.98 Å². The highest BCUT2D eigenvalue weighted by molar-refractivity contribution is 5.73. The van der Waals surface area contributed by atoms with Crippen molar-refractivity contribution in [3.05, 3.63) is 42.1 Å². The first-order valence-electron chi connectivity index (χ1n) is 6.45. The average molecular weight is 327 g/mol. The summed E-state index contributed by atoms with van der Waals surface area (Å²) in [5.41, 5.74) is -1.24. The zero-order chi connectivity index (χ0) is 17.2. The summed E-state index contributed by atoms with van der Waals surface area (Å²) in [6.45, 7) is 1.26. The van der Waals surface area contributed by atoms with Gasteiger partial charge in [-0.25, -0.2) is 4.79 Å². The number of hydrogen-bond acceptors (Lipinski definition) is 4. The Morgan fingerprint density at radius 2 is 2.00 bits per heavy atom. The molecule has 0 aliphatic carbocycles. The molecular formula is C15H12F3NO4. The van der Waals surface area contributed by atoms with Gasteiger partial charge in [-0.15, -0.1) is 0 Å². The summed E-state index contributed by atoms with van der Waals surface area (Å²) in [7, 11) is 0.